The SMILES string of the molecule is CNC(c1ccc(C)c(Cl)c1)c1ccncn1. The Kier molecular flexibility index (Phi) is 3.71. The number of rotatable bonds is 3. The van der Waals surface area contributed by atoms with E-state index in [1.165, 1.54) is 0 Å². The summed E-state index contributed by atoms with van der Waals surface area (Å²) in [4.78, 5) is 8.18. The van der Waals surface area contributed by atoms with Crippen molar-refractivity contribution in [1.29, 1.82) is 0 Å². The van der Waals surface area contributed by atoms with E-state index >= 15 is 0 Å². The van der Waals surface area contributed by atoms with Crippen molar-refractivity contribution >= 4 is 11.6 Å². The zero-order chi connectivity index (χ0) is 12.3. The lowest BCUT2D eigenvalue weighted by atomic mass is 10.0. The molecule has 1 aromatic heterocycles. The van der Waals surface area contributed by atoms with Crippen LogP contribution in [0.1, 0.15) is 22.9 Å². The first-order chi connectivity index (χ1) is 8.22. The summed E-state index contributed by atoms with van der Waals surface area (Å²) in [6.07, 6.45) is 3.29. The summed E-state index contributed by atoms with van der Waals surface area (Å²) in [7, 11) is 1.90. The normalized spacial score (nSPS) is 12.4. The van der Waals surface area contributed by atoms with E-state index in [2.05, 4.69) is 21.4 Å². The molecule has 0 radical (unpaired) electrons. The summed E-state index contributed by atoms with van der Waals surface area (Å²) >= 11 is 6.14. The molecule has 0 amide bonds. The van der Waals surface area contributed by atoms with Gasteiger partial charge in [0.25, 0.3) is 0 Å². The highest BCUT2D eigenvalue weighted by Crippen LogP contribution is 2.24. The summed E-state index contributed by atoms with van der Waals surface area (Å²) in [5, 5.41) is 4.01. The summed E-state index contributed by atoms with van der Waals surface area (Å²) in [6.45, 7) is 1.99. The fourth-order valence-corrected chi connectivity index (χ4v) is 1.93. The third-order valence-corrected chi connectivity index (χ3v) is 3.13. The van der Waals surface area contributed by atoms with Crippen LogP contribution in [0.5, 0.6) is 0 Å². The summed E-state index contributed by atoms with van der Waals surface area (Å²) in [5.41, 5.74) is 3.11. The van der Waals surface area contributed by atoms with Crippen LogP contribution in [0.2, 0.25) is 5.02 Å². The number of benzene rings is 1. The van der Waals surface area contributed by atoms with Crippen molar-refractivity contribution in [2.24, 2.45) is 0 Å². The molecule has 1 heterocycles. The van der Waals surface area contributed by atoms with E-state index in [1.54, 1.807) is 12.5 Å². The first-order valence-corrected chi connectivity index (χ1v) is 5.79. The second-order valence-corrected chi connectivity index (χ2v) is 4.27. The topological polar surface area (TPSA) is 37.8 Å². The largest absolute Gasteiger partial charge is 0.308 e. The standard InChI is InChI=1S/C13H14ClN3/c1-9-3-4-10(7-11(9)14)13(15-2)12-5-6-16-8-17-12/h3-8,13,15H,1-2H3. The molecular weight excluding hydrogens is 234 g/mol. The van der Waals surface area contributed by atoms with E-state index in [-0.39, 0.29) is 6.04 Å². The lowest BCUT2D eigenvalue weighted by Crippen LogP contribution is -2.18. The molecule has 88 valence electrons. The molecule has 4 heteroatoms. The molecule has 1 unspecified atom stereocenters. The Morgan fingerprint density at radius 1 is 1.29 bits per heavy atom. The minimum atomic E-state index is 0.0381. The highest BCUT2D eigenvalue weighted by Gasteiger charge is 2.13. The van der Waals surface area contributed by atoms with Crippen LogP contribution in [0.15, 0.2) is 36.8 Å². The van der Waals surface area contributed by atoms with Crippen molar-refractivity contribution in [3.63, 3.8) is 0 Å². The number of hydrogen-bond acceptors (Lipinski definition) is 3. The Bertz CT molecular complexity index is 499. The van der Waals surface area contributed by atoms with Gasteiger partial charge in [-0.1, -0.05) is 23.7 Å². The van der Waals surface area contributed by atoms with Gasteiger partial charge < -0.3 is 5.32 Å². The van der Waals surface area contributed by atoms with Crippen molar-refractivity contribution in [1.82, 2.24) is 15.3 Å². The molecule has 1 aromatic carbocycles. The second-order valence-electron chi connectivity index (χ2n) is 3.86. The molecule has 0 bridgehead atoms. The van der Waals surface area contributed by atoms with Gasteiger partial charge in [0.05, 0.1) is 11.7 Å². The fraction of sp³-hybridized carbons (Fsp3) is 0.231. The molecule has 0 aliphatic carbocycles. The van der Waals surface area contributed by atoms with Crippen LogP contribution in [0.4, 0.5) is 0 Å². The maximum Gasteiger partial charge on any atom is 0.115 e. The van der Waals surface area contributed by atoms with Crippen LogP contribution in [-0.4, -0.2) is 17.0 Å². The van der Waals surface area contributed by atoms with Crippen LogP contribution < -0.4 is 5.32 Å². The van der Waals surface area contributed by atoms with Gasteiger partial charge in [-0.15, -0.1) is 0 Å². The van der Waals surface area contributed by atoms with Crippen LogP contribution in [-0.2, 0) is 0 Å². The molecule has 17 heavy (non-hydrogen) atoms. The Labute approximate surface area is 106 Å². The first kappa shape index (κ1) is 12.0. The van der Waals surface area contributed by atoms with E-state index in [9.17, 15) is 0 Å². The molecule has 0 aliphatic heterocycles. The third-order valence-electron chi connectivity index (χ3n) is 2.72. The maximum atomic E-state index is 6.14. The Morgan fingerprint density at radius 3 is 2.71 bits per heavy atom. The average molecular weight is 248 g/mol. The van der Waals surface area contributed by atoms with Crippen molar-refractivity contribution in [2.75, 3.05) is 7.05 Å². The molecule has 0 fully saturated rings. The fourth-order valence-electron chi connectivity index (χ4n) is 1.75. The molecule has 1 N–H and O–H groups in total. The highest BCUT2D eigenvalue weighted by molar-refractivity contribution is 6.31. The van der Waals surface area contributed by atoms with Gasteiger partial charge in [0.1, 0.15) is 6.33 Å². The monoisotopic (exact) mass is 247 g/mol. The summed E-state index contributed by atoms with van der Waals surface area (Å²) < 4.78 is 0. The van der Waals surface area contributed by atoms with Gasteiger partial charge in [0.2, 0.25) is 0 Å². The number of halogens is 1. The van der Waals surface area contributed by atoms with E-state index in [0.29, 0.717) is 0 Å². The van der Waals surface area contributed by atoms with E-state index in [0.717, 1.165) is 21.8 Å². The number of aryl methyl sites for hydroxylation is 1. The first-order valence-electron chi connectivity index (χ1n) is 5.41. The molecule has 0 saturated heterocycles. The zero-order valence-corrected chi connectivity index (χ0v) is 10.6. The Morgan fingerprint density at radius 2 is 2.12 bits per heavy atom. The van der Waals surface area contributed by atoms with Gasteiger partial charge in [-0.05, 0) is 37.2 Å². The van der Waals surface area contributed by atoms with Crippen LogP contribution in [0, 0.1) is 6.92 Å². The van der Waals surface area contributed by atoms with Crippen molar-refractivity contribution in [2.45, 2.75) is 13.0 Å². The van der Waals surface area contributed by atoms with Crippen LogP contribution in [0.25, 0.3) is 0 Å². The van der Waals surface area contributed by atoms with Crippen molar-refractivity contribution in [3.8, 4) is 0 Å². The van der Waals surface area contributed by atoms with Gasteiger partial charge >= 0.3 is 0 Å². The molecule has 2 aromatic rings. The quantitative estimate of drug-likeness (QED) is 0.906. The predicted octanol–water partition coefficient (Wildman–Crippen LogP) is 2.75. The molecular formula is C13H14ClN3. The van der Waals surface area contributed by atoms with Crippen molar-refractivity contribution < 1.29 is 0 Å². The molecule has 1 atom stereocenters. The number of hydrogen-bond donors (Lipinski definition) is 1. The average Bonchev–Trinajstić information content (AvgIpc) is 2.36. The Hall–Kier alpha value is -1.45. The minimum absolute atomic E-state index is 0.0381. The third kappa shape index (κ3) is 2.62. The summed E-state index contributed by atoms with van der Waals surface area (Å²) in [5.74, 6) is 0. The van der Waals surface area contributed by atoms with Crippen LogP contribution in [0.3, 0.4) is 0 Å². The van der Waals surface area contributed by atoms with Gasteiger partial charge in [0, 0.05) is 11.2 Å². The lowest BCUT2D eigenvalue weighted by molar-refractivity contribution is 0.668. The number of nitrogens with zero attached hydrogens (tertiary/aromatic N) is 2. The van der Waals surface area contributed by atoms with Crippen molar-refractivity contribution in [3.05, 3.63) is 58.6 Å². The zero-order valence-electron chi connectivity index (χ0n) is 9.81. The summed E-state index contributed by atoms with van der Waals surface area (Å²) in [6, 6.07) is 7.99. The van der Waals surface area contributed by atoms with Gasteiger partial charge in [-0.25, -0.2) is 9.97 Å². The van der Waals surface area contributed by atoms with Gasteiger partial charge in [0.15, 0.2) is 0 Å². The lowest BCUT2D eigenvalue weighted by Gasteiger charge is -2.16. The molecule has 0 saturated carbocycles. The molecule has 2 rings (SSSR count). The molecule has 0 aliphatic rings. The van der Waals surface area contributed by atoms with E-state index in [1.807, 2.05) is 32.2 Å². The molecule has 3 nitrogen and oxygen atoms in total. The number of aromatic nitrogens is 2. The molecule has 0 spiro atoms. The number of nitrogens with one attached hydrogen (secondary N) is 1. The Balaban J connectivity index is 2.39. The van der Waals surface area contributed by atoms with Crippen LogP contribution >= 0.6 is 11.6 Å². The highest BCUT2D eigenvalue weighted by atomic mass is 35.5. The van der Waals surface area contributed by atoms with Gasteiger partial charge in [-0.2, -0.15) is 0 Å². The van der Waals surface area contributed by atoms with E-state index in [4.69, 9.17) is 11.6 Å². The second kappa shape index (κ2) is 5.25. The predicted molar refractivity (Wildman–Crippen MR) is 69.1 cm³/mol. The van der Waals surface area contributed by atoms with E-state index < -0.39 is 0 Å². The van der Waals surface area contributed by atoms with Gasteiger partial charge in [-0.3, -0.25) is 0 Å². The minimum Gasteiger partial charge on any atom is -0.308 e. The smallest absolute Gasteiger partial charge is 0.115 e. The maximum absolute atomic E-state index is 6.14.